The fourth-order valence-electron chi connectivity index (χ4n) is 2.47. The molecular formula is C18H30. The summed E-state index contributed by atoms with van der Waals surface area (Å²) in [6, 6.07) is 11.1. The summed E-state index contributed by atoms with van der Waals surface area (Å²) < 4.78 is 0. The number of benzene rings is 1. The van der Waals surface area contributed by atoms with Crippen LogP contribution in [-0.4, -0.2) is 0 Å². The lowest BCUT2D eigenvalue weighted by Gasteiger charge is -2.39. The van der Waals surface area contributed by atoms with Crippen LogP contribution in [0.25, 0.3) is 0 Å². The maximum Gasteiger partial charge on any atom is -0.0106 e. The Morgan fingerprint density at radius 1 is 0.889 bits per heavy atom. The van der Waals surface area contributed by atoms with E-state index in [9.17, 15) is 0 Å². The van der Waals surface area contributed by atoms with E-state index in [0.29, 0.717) is 16.7 Å². The Morgan fingerprint density at radius 2 is 1.44 bits per heavy atom. The van der Waals surface area contributed by atoms with E-state index in [-0.39, 0.29) is 0 Å². The van der Waals surface area contributed by atoms with Crippen LogP contribution in [0, 0.1) is 10.8 Å². The molecule has 0 aliphatic rings. The Kier molecular flexibility index (Phi) is 5.01. The van der Waals surface area contributed by atoms with Gasteiger partial charge in [0.15, 0.2) is 0 Å². The Balaban J connectivity index is 3.04. The van der Waals surface area contributed by atoms with Gasteiger partial charge in [0.2, 0.25) is 0 Å². The molecule has 0 aliphatic carbocycles. The van der Waals surface area contributed by atoms with Crippen LogP contribution in [0.15, 0.2) is 30.3 Å². The SMILES string of the molecule is CCC(C)(C)CC(c1ccccc1)C(C)(C)CC. The van der Waals surface area contributed by atoms with E-state index >= 15 is 0 Å². The fourth-order valence-corrected chi connectivity index (χ4v) is 2.47. The van der Waals surface area contributed by atoms with Crippen molar-refractivity contribution in [2.24, 2.45) is 10.8 Å². The summed E-state index contributed by atoms with van der Waals surface area (Å²) in [5.74, 6) is 0.652. The van der Waals surface area contributed by atoms with Gasteiger partial charge in [-0.15, -0.1) is 0 Å². The monoisotopic (exact) mass is 246 g/mol. The summed E-state index contributed by atoms with van der Waals surface area (Å²) in [6.07, 6.45) is 3.75. The highest BCUT2D eigenvalue weighted by Gasteiger charge is 2.33. The van der Waals surface area contributed by atoms with Crippen molar-refractivity contribution in [2.75, 3.05) is 0 Å². The van der Waals surface area contributed by atoms with Crippen molar-refractivity contribution in [2.45, 2.75) is 66.7 Å². The molecule has 0 N–H and O–H groups in total. The van der Waals surface area contributed by atoms with Gasteiger partial charge >= 0.3 is 0 Å². The Hall–Kier alpha value is -0.780. The van der Waals surface area contributed by atoms with Crippen LogP contribution in [0.4, 0.5) is 0 Å². The third-order valence-corrected chi connectivity index (χ3v) is 4.77. The summed E-state index contributed by atoms with van der Waals surface area (Å²) in [5.41, 5.74) is 2.30. The van der Waals surface area contributed by atoms with E-state index < -0.39 is 0 Å². The van der Waals surface area contributed by atoms with Crippen molar-refractivity contribution in [3.05, 3.63) is 35.9 Å². The average Bonchev–Trinajstić information content (AvgIpc) is 2.37. The molecule has 0 bridgehead atoms. The second-order valence-corrected chi connectivity index (χ2v) is 7.03. The summed E-state index contributed by atoms with van der Waals surface area (Å²) >= 11 is 0. The summed E-state index contributed by atoms with van der Waals surface area (Å²) in [4.78, 5) is 0. The smallest absolute Gasteiger partial charge is 0.0106 e. The van der Waals surface area contributed by atoms with Gasteiger partial charge in [-0.05, 0) is 28.7 Å². The zero-order valence-electron chi connectivity index (χ0n) is 13.1. The van der Waals surface area contributed by atoms with Gasteiger partial charge in [-0.2, -0.15) is 0 Å². The third kappa shape index (κ3) is 3.86. The van der Waals surface area contributed by atoms with Crippen molar-refractivity contribution >= 4 is 0 Å². The molecular weight excluding hydrogens is 216 g/mol. The molecule has 0 radical (unpaired) electrons. The minimum atomic E-state index is 0.369. The first-order chi connectivity index (χ1) is 8.32. The second kappa shape index (κ2) is 5.91. The average molecular weight is 246 g/mol. The molecule has 1 unspecified atom stereocenters. The van der Waals surface area contributed by atoms with E-state index in [4.69, 9.17) is 0 Å². The van der Waals surface area contributed by atoms with Crippen molar-refractivity contribution in [3.8, 4) is 0 Å². The normalized spacial score (nSPS) is 14.6. The zero-order valence-corrected chi connectivity index (χ0v) is 13.1. The van der Waals surface area contributed by atoms with E-state index in [2.05, 4.69) is 71.9 Å². The lowest BCUT2D eigenvalue weighted by atomic mass is 9.66. The van der Waals surface area contributed by atoms with E-state index in [1.54, 1.807) is 0 Å². The van der Waals surface area contributed by atoms with Gasteiger partial charge in [0.1, 0.15) is 0 Å². The van der Waals surface area contributed by atoms with Gasteiger partial charge < -0.3 is 0 Å². The van der Waals surface area contributed by atoms with Crippen LogP contribution in [-0.2, 0) is 0 Å². The standard InChI is InChI=1S/C18H30/c1-7-17(3,4)14-16(18(5,6)8-2)15-12-10-9-11-13-15/h9-13,16H,7-8,14H2,1-6H3. The molecule has 1 atom stereocenters. The topological polar surface area (TPSA) is 0 Å². The predicted octanol–water partition coefficient (Wildman–Crippen LogP) is 6.03. The molecule has 0 amide bonds. The van der Waals surface area contributed by atoms with Crippen molar-refractivity contribution < 1.29 is 0 Å². The van der Waals surface area contributed by atoms with E-state index in [0.717, 1.165) is 0 Å². The van der Waals surface area contributed by atoms with Crippen molar-refractivity contribution in [1.29, 1.82) is 0 Å². The van der Waals surface area contributed by atoms with Gasteiger partial charge in [-0.25, -0.2) is 0 Å². The minimum absolute atomic E-state index is 0.369. The van der Waals surface area contributed by atoms with Crippen molar-refractivity contribution in [1.82, 2.24) is 0 Å². The van der Waals surface area contributed by atoms with Crippen LogP contribution in [0.1, 0.15) is 72.3 Å². The van der Waals surface area contributed by atoms with Gasteiger partial charge in [0.05, 0.1) is 0 Å². The number of hydrogen-bond donors (Lipinski definition) is 0. The maximum absolute atomic E-state index is 2.41. The fraction of sp³-hybridized carbons (Fsp3) is 0.667. The van der Waals surface area contributed by atoms with E-state index in [1.807, 2.05) is 0 Å². The van der Waals surface area contributed by atoms with Crippen LogP contribution >= 0.6 is 0 Å². The molecule has 0 spiro atoms. The number of rotatable bonds is 6. The quantitative estimate of drug-likeness (QED) is 0.574. The molecule has 0 saturated carbocycles. The third-order valence-electron chi connectivity index (χ3n) is 4.77. The summed E-state index contributed by atoms with van der Waals surface area (Å²) in [7, 11) is 0. The second-order valence-electron chi connectivity index (χ2n) is 7.03. The molecule has 18 heavy (non-hydrogen) atoms. The van der Waals surface area contributed by atoms with Crippen LogP contribution in [0.3, 0.4) is 0 Å². The Labute approximate surface area is 114 Å². The summed E-state index contributed by atoms with van der Waals surface area (Å²) in [5, 5.41) is 0. The largest absolute Gasteiger partial charge is 0.0649 e. The lowest BCUT2D eigenvalue weighted by molar-refractivity contribution is 0.188. The molecule has 0 heteroatoms. The van der Waals surface area contributed by atoms with Crippen LogP contribution < -0.4 is 0 Å². The van der Waals surface area contributed by atoms with Gasteiger partial charge in [-0.1, -0.05) is 84.7 Å². The van der Waals surface area contributed by atoms with Crippen molar-refractivity contribution in [3.63, 3.8) is 0 Å². The maximum atomic E-state index is 2.41. The van der Waals surface area contributed by atoms with Crippen LogP contribution in [0.5, 0.6) is 0 Å². The molecule has 0 saturated heterocycles. The Morgan fingerprint density at radius 3 is 1.89 bits per heavy atom. The van der Waals surface area contributed by atoms with Gasteiger partial charge in [0, 0.05) is 0 Å². The molecule has 0 heterocycles. The minimum Gasteiger partial charge on any atom is -0.0649 e. The zero-order chi connectivity index (χ0) is 13.8. The first kappa shape index (κ1) is 15.3. The van der Waals surface area contributed by atoms with Gasteiger partial charge in [0.25, 0.3) is 0 Å². The van der Waals surface area contributed by atoms with Crippen LogP contribution in [0.2, 0.25) is 0 Å². The highest BCUT2D eigenvalue weighted by Crippen LogP contribution is 2.46. The lowest BCUT2D eigenvalue weighted by Crippen LogP contribution is -2.26. The molecule has 102 valence electrons. The Bertz CT molecular complexity index is 346. The predicted molar refractivity (Wildman–Crippen MR) is 81.9 cm³/mol. The molecule has 0 fully saturated rings. The molecule has 1 aromatic carbocycles. The van der Waals surface area contributed by atoms with Gasteiger partial charge in [-0.3, -0.25) is 0 Å². The van der Waals surface area contributed by atoms with E-state index in [1.165, 1.54) is 24.8 Å². The number of hydrogen-bond acceptors (Lipinski definition) is 0. The molecule has 0 nitrogen and oxygen atoms in total. The molecule has 0 aliphatic heterocycles. The molecule has 0 aromatic heterocycles. The first-order valence-electron chi connectivity index (χ1n) is 7.37. The molecule has 1 aromatic rings. The first-order valence-corrected chi connectivity index (χ1v) is 7.37. The molecule has 1 rings (SSSR count). The highest BCUT2D eigenvalue weighted by atomic mass is 14.4. The highest BCUT2D eigenvalue weighted by molar-refractivity contribution is 5.22. The summed E-state index contributed by atoms with van der Waals surface area (Å²) in [6.45, 7) is 14.2.